The smallest absolute Gasteiger partial charge is 0.463 e. The molecule has 0 radical (unpaired) electrons. The van der Waals surface area contributed by atoms with Crippen LogP contribution in [-0.2, 0) is 55.8 Å². The molecule has 0 aliphatic rings. The molecule has 5 atom stereocenters. The van der Waals surface area contributed by atoms with Gasteiger partial charge in [-0.3, -0.25) is 32.5 Å². The van der Waals surface area contributed by atoms with Gasteiger partial charge < -0.3 is 34.2 Å². The highest BCUT2D eigenvalue weighted by molar-refractivity contribution is 7.47. The maximum Gasteiger partial charge on any atom is 0.472 e. The van der Waals surface area contributed by atoms with Gasteiger partial charge in [-0.2, -0.15) is 0 Å². The van der Waals surface area contributed by atoms with Crippen LogP contribution in [0.15, 0.2) is 182 Å². The molecule has 0 aromatic carbocycles. The fourth-order valence-electron chi connectivity index (χ4n) is 12.2. The lowest BCUT2D eigenvalue weighted by Gasteiger charge is -2.21. The second kappa shape index (κ2) is 89.9. The Morgan fingerprint density at radius 3 is 0.718 bits per heavy atom. The Labute approximate surface area is 713 Å². The maximum atomic E-state index is 13.1. The molecule has 117 heavy (non-hydrogen) atoms. The molecular formula is C99H166O16P2. The third-order valence-corrected chi connectivity index (χ3v) is 21.0. The van der Waals surface area contributed by atoms with Gasteiger partial charge in [-0.25, -0.2) is 9.13 Å². The van der Waals surface area contributed by atoms with Crippen LogP contribution in [0.2, 0.25) is 0 Å². The third-order valence-electron chi connectivity index (χ3n) is 19.1. The number of hydrogen-bond acceptors (Lipinski definition) is 14. The minimum absolute atomic E-state index is 0.0855. The lowest BCUT2D eigenvalue weighted by Crippen LogP contribution is -2.30. The molecule has 0 spiro atoms. The normalized spacial score (nSPS) is 14.6. The minimum atomic E-state index is -4.95. The number of rotatable bonds is 86. The second-order valence-corrected chi connectivity index (χ2v) is 33.2. The molecule has 0 rings (SSSR count). The van der Waals surface area contributed by atoms with Crippen LogP contribution in [-0.4, -0.2) is 95.9 Å². The van der Waals surface area contributed by atoms with E-state index in [1.165, 1.54) is 116 Å². The third kappa shape index (κ3) is 91.2. The maximum absolute atomic E-state index is 13.1. The van der Waals surface area contributed by atoms with Crippen LogP contribution in [0, 0.1) is 0 Å². The van der Waals surface area contributed by atoms with Crippen molar-refractivity contribution in [3.05, 3.63) is 182 Å². The topological polar surface area (TPSA) is 231 Å². The number of ether oxygens (including phenoxy) is 3. The van der Waals surface area contributed by atoms with Crippen molar-refractivity contribution in [2.24, 2.45) is 0 Å². The van der Waals surface area contributed by atoms with Crippen molar-refractivity contribution in [1.29, 1.82) is 0 Å². The van der Waals surface area contributed by atoms with Gasteiger partial charge in [0.2, 0.25) is 0 Å². The summed E-state index contributed by atoms with van der Waals surface area (Å²) >= 11 is 0. The Kier molecular flexibility index (Phi) is 85.8. The predicted molar refractivity (Wildman–Crippen MR) is 491 cm³/mol. The van der Waals surface area contributed by atoms with Crippen LogP contribution in [0.4, 0.5) is 0 Å². The highest BCUT2D eigenvalue weighted by atomic mass is 31.2. The first-order chi connectivity index (χ1) is 57.2. The van der Waals surface area contributed by atoms with Crippen LogP contribution in [0.5, 0.6) is 0 Å². The summed E-state index contributed by atoms with van der Waals surface area (Å²) < 4.78 is 61.5. The number of esters is 3. The number of hydrogen-bond donors (Lipinski definition) is 4. The van der Waals surface area contributed by atoms with E-state index >= 15 is 0 Å². The van der Waals surface area contributed by atoms with E-state index in [0.29, 0.717) is 19.3 Å². The van der Waals surface area contributed by atoms with E-state index < -0.39 is 91.5 Å². The molecule has 0 aromatic heterocycles. The summed E-state index contributed by atoms with van der Waals surface area (Å²) in [5.41, 5.74) is 0. The second-order valence-electron chi connectivity index (χ2n) is 30.3. The van der Waals surface area contributed by atoms with Crippen molar-refractivity contribution in [2.45, 2.75) is 386 Å². The summed E-state index contributed by atoms with van der Waals surface area (Å²) in [6.07, 6.45) is 118. The molecule has 18 heteroatoms. The first-order valence-electron chi connectivity index (χ1n) is 46.1. The largest absolute Gasteiger partial charge is 0.472 e. The molecule has 668 valence electrons. The summed E-state index contributed by atoms with van der Waals surface area (Å²) in [5, 5.41) is 20.7. The molecule has 0 bridgehead atoms. The number of allylic oxidation sites excluding steroid dienone is 30. The lowest BCUT2D eigenvalue weighted by molar-refractivity contribution is -0.161. The number of carbonyl (C=O) groups excluding carboxylic acids is 3. The number of carbonyl (C=O) groups is 3. The standard InChI is InChI=1S/C99H166O16P2/c1-4-7-10-13-16-19-22-25-28-31-34-36-38-40-42-44-46-48-50-52-54-56-59-61-64-67-70-73-76-79-82-85-97(102)109-88-94(100)89-111-116(105,106)112-90-95(101)91-113-117(107,108)114-93-96(115-99(104)87-84-81-78-75-72-69-66-63-58-33-30-27-24-21-18-15-12-9-6-3)92-110-98(103)86-83-80-77-74-71-68-65-62-60-57-55-53-51-49-47-45-43-41-39-37-35-32-29-26-23-20-17-14-11-8-5-2/h7-8,10-11,16-21,25-30,34-37,40-43,46-49,58,63,94-96,100-101H,4-6,9,12-15,22-24,31-33,38-39,44-45,50-57,59-62,64-93H2,1-3H3,(H,105,106)(H,107,108)/b10-7-,11-8-,19-16-,20-17-,21-18-,28-25-,29-26-,30-27-,36-34-,37-35-,42-40-,43-41-,48-46-,49-47-,63-58-. The highest BCUT2D eigenvalue weighted by Gasteiger charge is 2.29. The van der Waals surface area contributed by atoms with E-state index in [0.717, 1.165) is 193 Å². The number of unbranched alkanes of at least 4 members (excludes halogenated alkanes) is 33. The Morgan fingerprint density at radius 2 is 0.453 bits per heavy atom. The lowest BCUT2D eigenvalue weighted by atomic mass is 10.0. The fraction of sp³-hybridized carbons (Fsp3) is 0.667. The van der Waals surface area contributed by atoms with Crippen molar-refractivity contribution < 1.29 is 75.8 Å². The van der Waals surface area contributed by atoms with E-state index in [1.807, 2.05) is 0 Å². The van der Waals surface area contributed by atoms with Crippen LogP contribution < -0.4 is 0 Å². The number of aliphatic hydroxyl groups is 2. The van der Waals surface area contributed by atoms with Gasteiger partial charge in [-0.15, -0.1) is 0 Å². The Hall–Kier alpha value is -5.35. The first-order valence-corrected chi connectivity index (χ1v) is 49.1. The molecule has 0 saturated heterocycles. The average Bonchev–Trinajstić information content (AvgIpc) is 0.891. The number of aliphatic hydroxyl groups excluding tert-OH is 2. The molecule has 16 nitrogen and oxygen atoms in total. The summed E-state index contributed by atoms with van der Waals surface area (Å²) in [6.45, 7) is 2.44. The SMILES string of the molecule is CC/C=C\C/C=C\C/C=C\C/C=C\C/C=C\C/C=C\CCCCCCCCCCCCCCC(=O)OCC(O)COP(=O)(O)OCC(O)COP(=O)(O)OCC(COC(=O)CCCCCCCCCCCCCC/C=C\C/C=C\C/C=C\C/C=C\C/C=C\C/C=C\CC)OC(=O)CCCCCCCC/C=C\C/C=C\C/C=C\CCCCC. The van der Waals surface area contributed by atoms with Gasteiger partial charge >= 0.3 is 33.6 Å². The Bertz CT molecular complexity index is 2860. The van der Waals surface area contributed by atoms with Crippen molar-refractivity contribution in [3.63, 3.8) is 0 Å². The van der Waals surface area contributed by atoms with Crippen LogP contribution in [0.25, 0.3) is 0 Å². The predicted octanol–water partition coefficient (Wildman–Crippen LogP) is 28.4. The quantitative estimate of drug-likeness (QED) is 0.0146. The van der Waals surface area contributed by atoms with E-state index in [1.54, 1.807) is 0 Å². The monoisotopic (exact) mass is 1670 g/mol. The van der Waals surface area contributed by atoms with Gasteiger partial charge in [-0.05, 0) is 161 Å². The van der Waals surface area contributed by atoms with Gasteiger partial charge in [0.25, 0.3) is 0 Å². The number of phosphoric acid groups is 2. The molecule has 4 N–H and O–H groups in total. The van der Waals surface area contributed by atoms with Crippen molar-refractivity contribution in [1.82, 2.24) is 0 Å². The highest BCUT2D eigenvalue weighted by Crippen LogP contribution is 2.45. The van der Waals surface area contributed by atoms with Crippen LogP contribution in [0.1, 0.15) is 367 Å². The first kappa shape index (κ1) is 112. The van der Waals surface area contributed by atoms with Crippen molar-refractivity contribution >= 4 is 33.6 Å². The van der Waals surface area contributed by atoms with Crippen molar-refractivity contribution in [2.75, 3.05) is 39.6 Å². The average molecular weight is 1670 g/mol. The Morgan fingerprint density at radius 1 is 0.248 bits per heavy atom. The molecule has 0 aliphatic heterocycles. The summed E-state index contributed by atoms with van der Waals surface area (Å²) in [7, 11) is -9.82. The van der Waals surface area contributed by atoms with E-state index in [4.69, 9.17) is 32.3 Å². The van der Waals surface area contributed by atoms with Gasteiger partial charge in [0, 0.05) is 19.3 Å². The molecule has 0 saturated carbocycles. The molecule has 0 heterocycles. The summed E-state index contributed by atoms with van der Waals surface area (Å²) in [6, 6.07) is 0. The zero-order valence-electron chi connectivity index (χ0n) is 73.6. The van der Waals surface area contributed by atoms with Gasteiger partial charge in [-0.1, -0.05) is 370 Å². The van der Waals surface area contributed by atoms with Gasteiger partial charge in [0.05, 0.1) is 26.4 Å². The molecular weight excluding hydrogens is 1510 g/mol. The van der Waals surface area contributed by atoms with Crippen LogP contribution in [0.3, 0.4) is 0 Å². The zero-order chi connectivity index (χ0) is 85.1. The van der Waals surface area contributed by atoms with E-state index in [9.17, 15) is 43.5 Å². The summed E-state index contributed by atoms with van der Waals surface area (Å²) in [5.74, 6) is -1.59. The molecule has 0 fully saturated rings. The van der Waals surface area contributed by atoms with E-state index in [2.05, 4.69) is 203 Å². The fourth-order valence-corrected chi connectivity index (χ4v) is 13.8. The van der Waals surface area contributed by atoms with Gasteiger partial charge in [0.15, 0.2) is 6.10 Å². The molecule has 0 aliphatic carbocycles. The molecule has 0 amide bonds. The Balaban J connectivity index is 4.59. The zero-order valence-corrected chi connectivity index (χ0v) is 75.4. The molecule has 5 unspecified atom stereocenters. The summed E-state index contributed by atoms with van der Waals surface area (Å²) in [4.78, 5) is 59.0. The van der Waals surface area contributed by atoms with Crippen molar-refractivity contribution in [3.8, 4) is 0 Å². The van der Waals surface area contributed by atoms with E-state index in [-0.39, 0.29) is 19.3 Å². The molecule has 0 aromatic rings. The van der Waals surface area contributed by atoms with Crippen LogP contribution >= 0.6 is 15.6 Å². The number of phosphoric ester groups is 2. The minimum Gasteiger partial charge on any atom is -0.463 e. The van der Waals surface area contributed by atoms with Gasteiger partial charge in [0.1, 0.15) is 25.4 Å².